The topological polar surface area (TPSA) is 69.4 Å². The molecule has 0 spiro atoms. The SMILES string of the molecule is Cc1[nH]nc(Nc2cccc3[nH]ncc23)c1C. The number of hydrogen-bond donors (Lipinski definition) is 3. The molecule has 0 bridgehead atoms. The molecular weight excluding hydrogens is 214 g/mol. The van der Waals surface area contributed by atoms with Gasteiger partial charge in [0.05, 0.1) is 17.4 Å². The van der Waals surface area contributed by atoms with Crippen LogP contribution >= 0.6 is 0 Å². The van der Waals surface area contributed by atoms with E-state index in [0.717, 1.165) is 33.7 Å². The van der Waals surface area contributed by atoms with Gasteiger partial charge in [-0.05, 0) is 26.0 Å². The van der Waals surface area contributed by atoms with Crippen LogP contribution in [0.4, 0.5) is 11.5 Å². The lowest BCUT2D eigenvalue weighted by Gasteiger charge is -2.05. The number of nitrogens with zero attached hydrogens (tertiary/aromatic N) is 2. The van der Waals surface area contributed by atoms with Gasteiger partial charge in [-0.15, -0.1) is 0 Å². The molecule has 0 saturated carbocycles. The van der Waals surface area contributed by atoms with Gasteiger partial charge in [0.15, 0.2) is 5.82 Å². The molecule has 0 aliphatic heterocycles. The fraction of sp³-hybridized carbons (Fsp3) is 0.167. The zero-order chi connectivity index (χ0) is 11.8. The van der Waals surface area contributed by atoms with Crippen molar-refractivity contribution in [2.24, 2.45) is 0 Å². The summed E-state index contributed by atoms with van der Waals surface area (Å²) < 4.78 is 0. The quantitative estimate of drug-likeness (QED) is 0.630. The molecule has 0 saturated heterocycles. The maximum atomic E-state index is 4.24. The summed E-state index contributed by atoms with van der Waals surface area (Å²) >= 11 is 0. The molecule has 1 aromatic carbocycles. The first kappa shape index (κ1) is 9.89. The summed E-state index contributed by atoms with van der Waals surface area (Å²) in [5, 5.41) is 18.6. The van der Waals surface area contributed by atoms with Gasteiger partial charge in [0, 0.05) is 16.6 Å². The third kappa shape index (κ3) is 1.56. The van der Waals surface area contributed by atoms with Crippen molar-refractivity contribution in [3.05, 3.63) is 35.7 Å². The highest BCUT2D eigenvalue weighted by Gasteiger charge is 2.08. The van der Waals surface area contributed by atoms with Gasteiger partial charge in [-0.3, -0.25) is 10.2 Å². The largest absolute Gasteiger partial charge is 0.338 e. The number of fused-ring (bicyclic) bond motifs is 1. The van der Waals surface area contributed by atoms with Crippen molar-refractivity contribution in [3.8, 4) is 0 Å². The van der Waals surface area contributed by atoms with Gasteiger partial charge < -0.3 is 5.32 Å². The molecule has 86 valence electrons. The number of anilines is 2. The van der Waals surface area contributed by atoms with Crippen LogP contribution in [0.5, 0.6) is 0 Å². The molecule has 3 aromatic rings. The van der Waals surface area contributed by atoms with E-state index < -0.39 is 0 Å². The molecule has 0 radical (unpaired) electrons. The van der Waals surface area contributed by atoms with Crippen LogP contribution in [-0.2, 0) is 0 Å². The first-order valence-electron chi connectivity index (χ1n) is 5.46. The van der Waals surface area contributed by atoms with E-state index >= 15 is 0 Å². The number of rotatable bonds is 2. The summed E-state index contributed by atoms with van der Waals surface area (Å²) in [5.41, 5.74) is 4.23. The van der Waals surface area contributed by atoms with E-state index in [4.69, 9.17) is 0 Å². The Kier molecular flexibility index (Phi) is 2.11. The molecule has 3 rings (SSSR count). The minimum absolute atomic E-state index is 0.858. The molecule has 3 N–H and O–H groups in total. The Morgan fingerprint density at radius 3 is 2.82 bits per heavy atom. The zero-order valence-corrected chi connectivity index (χ0v) is 9.70. The second-order valence-electron chi connectivity index (χ2n) is 4.08. The van der Waals surface area contributed by atoms with Crippen molar-refractivity contribution in [1.29, 1.82) is 0 Å². The van der Waals surface area contributed by atoms with Gasteiger partial charge in [-0.1, -0.05) is 6.07 Å². The van der Waals surface area contributed by atoms with E-state index in [0.29, 0.717) is 0 Å². The minimum Gasteiger partial charge on any atom is -0.338 e. The van der Waals surface area contributed by atoms with Crippen LogP contribution in [0.3, 0.4) is 0 Å². The molecule has 17 heavy (non-hydrogen) atoms. The third-order valence-corrected chi connectivity index (χ3v) is 2.99. The maximum Gasteiger partial charge on any atom is 0.155 e. The van der Waals surface area contributed by atoms with Gasteiger partial charge in [-0.25, -0.2) is 0 Å². The maximum absolute atomic E-state index is 4.24. The molecule has 0 aliphatic rings. The number of nitrogens with one attached hydrogen (secondary N) is 3. The average Bonchev–Trinajstić information content (AvgIpc) is 2.91. The van der Waals surface area contributed by atoms with Crippen molar-refractivity contribution in [3.63, 3.8) is 0 Å². The molecular formula is C12H13N5. The van der Waals surface area contributed by atoms with Crippen molar-refractivity contribution in [2.75, 3.05) is 5.32 Å². The summed E-state index contributed by atoms with van der Waals surface area (Å²) in [4.78, 5) is 0. The van der Waals surface area contributed by atoms with Crippen molar-refractivity contribution < 1.29 is 0 Å². The molecule has 5 heteroatoms. The van der Waals surface area contributed by atoms with Crippen LogP contribution in [0.1, 0.15) is 11.3 Å². The molecule has 0 fully saturated rings. The Balaban J connectivity index is 2.05. The molecule has 2 aromatic heterocycles. The summed E-state index contributed by atoms with van der Waals surface area (Å²) in [6.45, 7) is 4.04. The molecule has 2 heterocycles. The molecule has 0 aliphatic carbocycles. The fourth-order valence-electron chi connectivity index (χ4n) is 1.81. The van der Waals surface area contributed by atoms with Gasteiger partial charge in [-0.2, -0.15) is 10.2 Å². The van der Waals surface area contributed by atoms with E-state index in [9.17, 15) is 0 Å². The van der Waals surface area contributed by atoms with Gasteiger partial charge in [0.25, 0.3) is 0 Å². The lowest BCUT2D eigenvalue weighted by molar-refractivity contribution is 1.05. The van der Waals surface area contributed by atoms with Crippen LogP contribution in [0.2, 0.25) is 0 Å². The highest BCUT2D eigenvalue weighted by Crippen LogP contribution is 2.26. The number of aromatic amines is 2. The highest BCUT2D eigenvalue weighted by molar-refractivity contribution is 5.92. The van der Waals surface area contributed by atoms with Crippen molar-refractivity contribution >= 4 is 22.4 Å². The van der Waals surface area contributed by atoms with Crippen LogP contribution in [-0.4, -0.2) is 20.4 Å². The van der Waals surface area contributed by atoms with Crippen molar-refractivity contribution in [1.82, 2.24) is 20.4 Å². The molecule has 0 amide bonds. The average molecular weight is 227 g/mol. The predicted octanol–water partition coefficient (Wildman–Crippen LogP) is 2.65. The first-order chi connectivity index (χ1) is 8.25. The summed E-state index contributed by atoms with van der Waals surface area (Å²) in [6.07, 6.45) is 1.81. The van der Waals surface area contributed by atoms with Crippen LogP contribution < -0.4 is 5.32 Å². The van der Waals surface area contributed by atoms with Crippen LogP contribution in [0.25, 0.3) is 10.9 Å². The molecule has 5 nitrogen and oxygen atoms in total. The Bertz CT molecular complexity index is 664. The van der Waals surface area contributed by atoms with E-state index in [1.165, 1.54) is 0 Å². The highest BCUT2D eigenvalue weighted by atomic mass is 15.2. The Labute approximate surface area is 98.2 Å². The Morgan fingerprint density at radius 2 is 2.06 bits per heavy atom. The van der Waals surface area contributed by atoms with Crippen molar-refractivity contribution in [2.45, 2.75) is 13.8 Å². The lowest BCUT2D eigenvalue weighted by Crippen LogP contribution is -1.93. The van der Waals surface area contributed by atoms with Gasteiger partial charge in [0.1, 0.15) is 0 Å². The first-order valence-corrected chi connectivity index (χ1v) is 5.46. The monoisotopic (exact) mass is 227 g/mol. The minimum atomic E-state index is 0.858. The van der Waals surface area contributed by atoms with E-state index in [1.807, 2.05) is 38.2 Å². The Morgan fingerprint density at radius 1 is 1.18 bits per heavy atom. The van der Waals surface area contributed by atoms with Crippen LogP contribution in [0, 0.1) is 13.8 Å². The van der Waals surface area contributed by atoms with E-state index in [1.54, 1.807) is 0 Å². The summed E-state index contributed by atoms with van der Waals surface area (Å²) in [5.74, 6) is 0.858. The Hall–Kier alpha value is -2.30. The second kappa shape index (κ2) is 3.62. The number of benzene rings is 1. The molecule has 0 atom stereocenters. The zero-order valence-electron chi connectivity index (χ0n) is 9.70. The summed E-state index contributed by atoms with van der Waals surface area (Å²) in [6, 6.07) is 6.00. The number of aromatic nitrogens is 4. The lowest BCUT2D eigenvalue weighted by atomic mass is 10.2. The fourth-order valence-corrected chi connectivity index (χ4v) is 1.81. The third-order valence-electron chi connectivity index (χ3n) is 2.99. The second-order valence-corrected chi connectivity index (χ2v) is 4.08. The standard InChI is InChI=1S/C12H13N5/c1-7-8(2)15-17-12(7)14-10-4-3-5-11-9(10)6-13-16-11/h3-6H,1-2H3,(H,13,16)(H2,14,15,17). The van der Waals surface area contributed by atoms with Gasteiger partial charge in [0.2, 0.25) is 0 Å². The smallest absolute Gasteiger partial charge is 0.155 e. The number of hydrogen-bond acceptors (Lipinski definition) is 3. The van der Waals surface area contributed by atoms with Crippen LogP contribution in [0.15, 0.2) is 24.4 Å². The predicted molar refractivity (Wildman–Crippen MR) is 67.4 cm³/mol. The number of H-pyrrole nitrogens is 2. The van der Waals surface area contributed by atoms with E-state index in [2.05, 4.69) is 25.7 Å². The normalized spacial score (nSPS) is 10.9. The van der Waals surface area contributed by atoms with E-state index in [-0.39, 0.29) is 0 Å². The summed E-state index contributed by atoms with van der Waals surface area (Å²) in [7, 11) is 0. The molecule has 0 unspecified atom stereocenters. The van der Waals surface area contributed by atoms with Gasteiger partial charge >= 0.3 is 0 Å². The number of aryl methyl sites for hydroxylation is 1.